The molecule has 2 aromatic rings. The summed E-state index contributed by atoms with van der Waals surface area (Å²) < 4.78 is 0. The number of carbonyl (C=O) groups excluding carboxylic acids is 1. The SMILES string of the molecule is Cc1ncc(C(=O)N2CCC([C@H](O)CCc3ccccc3)CC2)cn1. The van der Waals surface area contributed by atoms with Crippen molar-refractivity contribution in [2.75, 3.05) is 13.1 Å². The van der Waals surface area contributed by atoms with Gasteiger partial charge in [-0.2, -0.15) is 0 Å². The second-order valence-corrected chi connectivity index (χ2v) is 6.74. The second-order valence-electron chi connectivity index (χ2n) is 6.74. The van der Waals surface area contributed by atoms with Gasteiger partial charge in [0.05, 0.1) is 11.7 Å². The lowest BCUT2D eigenvalue weighted by Crippen LogP contribution is -2.41. The van der Waals surface area contributed by atoms with Crippen molar-refractivity contribution in [3.8, 4) is 0 Å². The van der Waals surface area contributed by atoms with Gasteiger partial charge >= 0.3 is 0 Å². The summed E-state index contributed by atoms with van der Waals surface area (Å²) in [7, 11) is 0. The average molecular weight is 339 g/mol. The number of benzene rings is 1. The average Bonchev–Trinajstić information content (AvgIpc) is 2.67. The molecular formula is C20H25N3O2. The molecule has 2 heterocycles. The topological polar surface area (TPSA) is 66.3 Å². The van der Waals surface area contributed by atoms with Crippen molar-refractivity contribution in [1.82, 2.24) is 14.9 Å². The Kier molecular flexibility index (Phi) is 5.76. The summed E-state index contributed by atoms with van der Waals surface area (Å²) >= 11 is 0. The van der Waals surface area contributed by atoms with E-state index in [4.69, 9.17) is 0 Å². The van der Waals surface area contributed by atoms with Crippen LogP contribution in [0.3, 0.4) is 0 Å². The van der Waals surface area contributed by atoms with Gasteiger partial charge in [0.1, 0.15) is 5.82 Å². The van der Waals surface area contributed by atoms with E-state index >= 15 is 0 Å². The molecule has 1 saturated heterocycles. The Morgan fingerprint density at radius 3 is 2.48 bits per heavy atom. The van der Waals surface area contributed by atoms with Crippen LogP contribution in [0.5, 0.6) is 0 Å². The van der Waals surface area contributed by atoms with E-state index < -0.39 is 0 Å². The van der Waals surface area contributed by atoms with E-state index in [1.807, 2.05) is 23.1 Å². The molecule has 3 rings (SSSR count). The molecule has 5 heteroatoms. The first-order valence-corrected chi connectivity index (χ1v) is 8.93. The van der Waals surface area contributed by atoms with Crippen LogP contribution in [0.4, 0.5) is 0 Å². The first kappa shape index (κ1) is 17.5. The van der Waals surface area contributed by atoms with E-state index in [2.05, 4.69) is 22.1 Å². The predicted molar refractivity (Wildman–Crippen MR) is 96.2 cm³/mol. The van der Waals surface area contributed by atoms with Crippen molar-refractivity contribution in [2.24, 2.45) is 5.92 Å². The number of rotatable bonds is 5. The number of likely N-dealkylation sites (tertiary alicyclic amines) is 1. The molecule has 1 aromatic heterocycles. The number of nitrogens with zero attached hydrogens (tertiary/aromatic N) is 3. The molecule has 25 heavy (non-hydrogen) atoms. The molecule has 0 radical (unpaired) electrons. The molecule has 1 N–H and O–H groups in total. The standard InChI is InChI=1S/C20H25N3O2/c1-15-21-13-18(14-22-15)20(25)23-11-9-17(10-12-23)19(24)8-7-16-5-3-2-4-6-16/h2-6,13-14,17,19,24H,7-12H2,1H3/t19-/m1/s1. The highest BCUT2D eigenvalue weighted by Gasteiger charge is 2.28. The molecule has 0 aliphatic carbocycles. The maximum Gasteiger partial charge on any atom is 0.256 e. The molecule has 1 amide bonds. The third kappa shape index (κ3) is 4.63. The first-order chi connectivity index (χ1) is 12.1. The molecule has 1 aromatic carbocycles. The van der Waals surface area contributed by atoms with Gasteiger partial charge in [-0.15, -0.1) is 0 Å². The monoisotopic (exact) mass is 339 g/mol. The van der Waals surface area contributed by atoms with E-state index in [-0.39, 0.29) is 17.9 Å². The number of aromatic nitrogens is 2. The van der Waals surface area contributed by atoms with Gasteiger partial charge in [0.25, 0.3) is 5.91 Å². The molecular weight excluding hydrogens is 314 g/mol. The Bertz CT molecular complexity index is 680. The lowest BCUT2D eigenvalue weighted by Gasteiger charge is -2.34. The molecule has 1 fully saturated rings. The van der Waals surface area contributed by atoms with E-state index in [1.165, 1.54) is 5.56 Å². The number of carbonyl (C=O) groups is 1. The number of hydrogen-bond acceptors (Lipinski definition) is 4. The van der Waals surface area contributed by atoms with Crippen LogP contribution in [0, 0.1) is 12.8 Å². The highest BCUT2D eigenvalue weighted by atomic mass is 16.3. The summed E-state index contributed by atoms with van der Waals surface area (Å²) in [6.07, 6.45) is 6.22. The molecule has 5 nitrogen and oxygen atoms in total. The van der Waals surface area contributed by atoms with Gasteiger partial charge in [0.2, 0.25) is 0 Å². The molecule has 132 valence electrons. The zero-order chi connectivity index (χ0) is 17.6. The minimum atomic E-state index is -0.305. The summed E-state index contributed by atoms with van der Waals surface area (Å²) in [6, 6.07) is 10.3. The van der Waals surface area contributed by atoms with Gasteiger partial charge in [0, 0.05) is 25.5 Å². The fourth-order valence-corrected chi connectivity index (χ4v) is 3.37. The van der Waals surface area contributed by atoms with E-state index in [0.29, 0.717) is 24.5 Å². The van der Waals surface area contributed by atoms with Crippen LogP contribution in [0.1, 0.15) is 41.0 Å². The van der Waals surface area contributed by atoms with Crippen molar-refractivity contribution < 1.29 is 9.90 Å². The summed E-state index contributed by atoms with van der Waals surface area (Å²) in [5, 5.41) is 10.5. The van der Waals surface area contributed by atoms with E-state index in [1.54, 1.807) is 19.3 Å². The van der Waals surface area contributed by atoms with Crippen molar-refractivity contribution in [2.45, 2.75) is 38.7 Å². The Morgan fingerprint density at radius 1 is 1.20 bits per heavy atom. The van der Waals surface area contributed by atoms with Crippen LogP contribution in [0.2, 0.25) is 0 Å². The number of aryl methyl sites for hydroxylation is 2. The van der Waals surface area contributed by atoms with Gasteiger partial charge in [-0.05, 0) is 44.1 Å². The Labute approximate surface area is 148 Å². The normalized spacial score (nSPS) is 16.6. The lowest BCUT2D eigenvalue weighted by molar-refractivity contribution is 0.0436. The molecule has 0 spiro atoms. The van der Waals surface area contributed by atoms with Gasteiger partial charge in [-0.25, -0.2) is 9.97 Å². The fraction of sp³-hybridized carbons (Fsp3) is 0.450. The van der Waals surface area contributed by atoms with Gasteiger partial charge in [0.15, 0.2) is 0 Å². The van der Waals surface area contributed by atoms with Gasteiger partial charge in [-0.1, -0.05) is 30.3 Å². The molecule has 0 bridgehead atoms. The fourth-order valence-electron chi connectivity index (χ4n) is 3.37. The quantitative estimate of drug-likeness (QED) is 0.909. The number of aliphatic hydroxyl groups excluding tert-OH is 1. The third-order valence-corrected chi connectivity index (χ3v) is 4.97. The highest BCUT2D eigenvalue weighted by Crippen LogP contribution is 2.24. The first-order valence-electron chi connectivity index (χ1n) is 8.93. The van der Waals surface area contributed by atoms with Gasteiger partial charge in [-0.3, -0.25) is 4.79 Å². The number of hydrogen-bond donors (Lipinski definition) is 1. The Morgan fingerprint density at radius 2 is 1.84 bits per heavy atom. The smallest absolute Gasteiger partial charge is 0.256 e. The molecule has 1 aliphatic heterocycles. The number of aliphatic hydroxyl groups is 1. The Balaban J connectivity index is 1.47. The second kappa shape index (κ2) is 8.21. The summed E-state index contributed by atoms with van der Waals surface area (Å²) in [5.41, 5.74) is 1.79. The van der Waals surface area contributed by atoms with Crippen LogP contribution in [0.15, 0.2) is 42.7 Å². The number of amides is 1. The maximum absolute atomic E-state index is 12.5. The van der Waals surface area contributed by atoms with Crippen LogP contribution in [0.25, 0.3) is 0 Å². The van der Waals surface area contributed by atoms with Crippen LogP contribution in [-0.2, 0) is 6.42 Å². The van der Waals surface area contributed by atoms with Crippen molar-refractivity contribution >= 4 is 5.91 Å². The minimum absolute atomic E-state index is 0.0165. The lowest BCUT2D eigenvalue weighted by atomic mass is 9.88. The van der Waals surface area contributed by atoms with Crippen LogP contribution < -0.4 is 0 Å². The van der Waals surface area contributed by atoms with Crippen molar-refractivity contribution in [1.29, 1.82) is 0 Å². The summed E-state index contributed by atoms with van der Waals surface area (Å²) in [4.78, 5) is 22.5. The molecule has 0 unspecified atom stereocenters. The molecule has 0 saturated carbocycles. The maximum atomic E-state index is 12.5. The van der Waals surface area contributed by atoms with Crippen molar-refractivity contribution in [3.63, 3.8) is 0 Å². The highest BCUT2D eigenvalue weighted by molar-refractivity contribution is 5.93. The van der Waals surface area contributed by atoms with Crippen LogP contribution in [-0.4, -0.2) is 45.1 Å². The molecule has 1 atom stereocenters. The van der Waals surface area contributed by atoms with Crippen LogP contribution >= 0.6 is 0 Å². The summed E-state index contributed by atoms with van der Waals surface area (Å²) in [6.45, 7) is 3.16. The van der Waals surface area contributed by atoms with E-state index in [9.17, 15) is 9.90 Å². The van der Waals surface area contributed by atoms with Gasteiger partial charge < -0.3 is 10.0 Å². The zero-order valence-corrected chi connectivity index (χ0v) is 14.6. The number of piperidine rings is 1. The van der Waals surface area contributed by atoms with Crippen molar-refractivity contribution in [3.05, 3.63) is 59.7 Å². The van der Waals surface area contributed by atoms with E-state index in [0.717, 1.165) is 25.7 Å². The molecule has 1 aliphatic rings. The third-order valence-electron chi connectivity index (χ3n) is 4.97. The minimum Gasteiger partial charge on any atom is -0.393 e. The summed E-state index contributed by atoms with van der Waals surface area (Å²) in [5.74, 6) is 0.913. The predicted octanol–water partition coefficient (Wildman–Crippen LogP) is 2.63. The Hall–Kier alpha value is -2.27. The largest absolute Gasteiger partial charge is 0.393 e. The zero-order valence-electron chi connectivity index (χ0n) is 14.6.